The number of halogens is 2. The zero-order valence-electron chi connectivity index (χ0n) is 13.7. The van der Waals surface area contributed by atoms with Crippen LogP contribution in [-0.2, 0) is 0 Å². The molecule has 2 aliphatic rings. The molecule has 0 heterocycles. The summed E-state index contributed by atoms with van der Waals surface area (Å²) in [5.41, 5.74) is -0.149. The molecule has 0 aromatic heterocycles. The van der Waals surface area contributed by atoms with Crippen molar-refractivity contribution < 1.29 is 8.78 Å². The summed E-state index contributed by atoms with van der Waals surface area (Å²) in [6.07, 6.45) is 11.2. The molecule has 4 heteroatoms. The van der Waals surface area contributed by atoms with Crippen molar-refractivity contribution in [1.82, 2.24) is 4.90 Å². The highest BCUT2D eigenvalue weighted by molar-refractivity contribution is 5.97. The first kappa shape index (κ1) is 16.4. The van der Waals surface area contributed by atoms with E-state index in [1.165, 1.54) is 31.0 Å². The van der Waals surface area contributed by atoms with E-state index in [9.17, 15) is 8.78 Å². The Balaban J connectivity index is 1.91. The maximum atomic E-state index is 14.2. The van der Waals surface area contributed by atoms with E-state index in [0.717, 1.165) is 51.4 Å². The minimum Gasteiger partial charge on any atom is -0.350 e. The summed E-state index contributed by atoms with van der Waals surface area (Å²) in [5.74, 6) is -1.18. The van der Waals surface area contributed by atoms with E-state index in [1.54, 1.807) is 0 Å². The molecule has 0 amide bonds. The van der Waals surface area contributed by atoms with Gasteiger partial charge in [-0.05, 0) is 37.8 Å². The maximum absolute atomic E-state index is 14.2. The lowest BCUT2D eigenvalue weighted by molar-refractivity contribution is 0.156. The molecule has 2 aliphatic carbocycles. The Hall–Kier alpha value is -1.45. The SMILES string of the molecule is N=C(c1c(F)cccc1F)N(C1CCCCC1)C1CCCCC1. The minimum atomic E-state index is -0.619. The molecule has 0 bridgehead atoms. The van der Waals surface area contributed by atoms with E-state index in [2.05, 4.69) is 4.90 Å². The van der Waals surface area contributed by atoms with Crippen LogP contribution in [-0.4, -0.2) is 22.8 Å². The fourth-order valence-electron chi connectivity index (χ4n) is 4.23. The Morgan fingerprint density at radius 2 is 1.26 bits per heavy atom. The van der Waals surface area contributed by atoms with Crippen LogP contribution < -0.4 is 0 Å². The van der Waals surface area contributed by atoms with Gasteiger partial charge < -0.3 is 4.90 Å². The van der Waals surface area contributed by atoms with E-state index in [0.29, 0.717) is 0 Å². The van der Waals surface area contributed by atoms with Gasteiger partial charge in [0.05, 0.1) is 5.56 Å². The van der Waals surface area contributed by atoms with Crippen LogP contribution in [0.2, 0.25) is 0 Å². The average molecular weight is 320 g/mol. The van der Waals surface area contributed by atoms with E-state index in [-0.39, 0.29) is 23.5 Å². The molecule has 1 N–H and O–H groups in total. The van der Waals surface area contributed by atoms with Gasteiger partial charge in [-0.15, -0.1) is 0 Å². The Kier molecular flexibility index (Phi) is 5.29. The average Bonchev–Trinajstić information content (AvgIpc) is 2.57. The lowest BCUT2D eigenvalue weighted by Crippen LogP contribution is -2.49. The topological polar surface area (TPSA) is 27.1 Å². The molecule has 3 rings (SSSR count). The molecule has 0 saturated heterocycles. The predicted molar refractivity (Wildman–Crippen MR) is 88.8 cm³/mol. The Labute approximate surface area is 137 Å². The van der Waals surface area contributed by atoms with Crippen LogP contribution in [0, 0.1) is 17.0 Å². The van der Waals surface area contributed by atoms with Gasteiger partial charge in [0.15, 0.2) is 0 Å². The summed E-state index contributed by atoms with van der Waals surface area (Å²) < 4.78 is 28.4. The summed E-state index contributed by atoms with van der Waals surface area (Å²) in [4.78, 5) is 2.07. The van der Waals surface area contributed by atoms with Gasteiger partial charge in [0.1, 0.15) is 17.5 Å². The van der Waals surface area contributed by atoms with Crippen molar-refractivity contribution in [1.29, 1.82) is 5.41 Å². The van der Waals surface area contributed by atoms with Crippen LogP contribution in [0.25, 0.3) is 0 Å². The number of rotatable bonds is 3. The lowest BCUT2D eigenvalue weighted by atomic mass is 9.88. The highest BCUT2D eigenvalue weighted by Gasteiger charge is 2.33. The summed E-state index contributed by atoms with van der Waals surface area (Å²) >= 11 is 0. The smallest absolute Gasteiger partial charge is 0.137 e. The first-order valence-corrected chi connectivity index (χ1v) is 8.99. The molecule has 126 valence electrons. The largest absolute Gasteiger partial charge is 0.350 e. The van der Waals surface area contributed by atoms with Gasteiger partial charge >= 0.3 is 0 Å². The number of amidine groups is 1. The third kappa shape index (κ3) is 3.56. The van der Waals surface area contributed by atoms with Gasteiger partial charge in [-0.1, -0.05) is 44.6 Å². The fraction of sp³-hybridized carbons (Fsp3) is 0.632. The molecule has 0 spiro atoms. The van der Waals surface area contributed by atoms with Crippen LogP contribution in [0.5, 0.6) is 0 Å². The van der Waals surface area contributed by atoms with Gasteiger partial charge in [0, 0.05) is 12.1 Å². The normalized spacial score (nSPS) is 20.4. The third-order valence-corrected chi connectivity index (χ3v) is 5.39. The lowest BCUT2D eigenvalue weighted by Gasteiger charge is -2.43. The molecular weight excluding hydrogens is 294 g/mol. The van der Waals surface area contributed by atoms with Crippen molar-refractivity contribution in [3.8, 4) is 0 Å². The molecular formula is C19H26F2N2. The van der Waals surface area contributed by atoms with E-state index in [4.69, 9.17) is 5.41 Å². The second kappa shape index (κ2) is 7.41. The van der Waals surface area contributed by atoms with Crippen LogP contribution in [0.3, 0.4) is 0 Å². The van der Waals surface area contributed by atoms with Crippen molar-refractivity contribution in [2.24, 2.45) is 0 Å². The number of nitrogens with one attached hydrogen (secondary N) is 1. The molecule has 1 aromatic rings. The maximum Gasteiger partial charge on any atom is 0.137 e. The summed E-state index contributed by atoms with van der Waals surface area (Å²) in [7, 11) is 0. The first-order valence-electron chi connectivity index (χ1n) is 8.99. The van der Waals surface area contributed by atoms with Crippen LogP contribution in [0.4, 0.5) is 8.78 Å². The molecule has 0 atom stereocenters. The van der Waals surface area contributed by atoms with Crippen LogP contribution >= 0.6 is 0 Å². The second-order valence-electron chi connectivity index (χ2n) is 6.94. The van der Waals surface area contributed by atoms with E-state index >= 15 is 0 Å². The zero-order chi connectivity index (χ0) is 16.2. The number of hydrogen-bond donors (Lipinski definition) is 1. The van der Waals surface area contributed by atoms with Gasteiger partial charge in [0.2, 0.25) is 0 Å². The summed E-state index contributed by atoms with van der Waals surface area (Å²) in [6, 6.07) is 4.41. The molecule has 0 aliphatic heterocycles. The molecule has 2 nitrogen and oxygen atoms in total. The molecule has 1 aromatic carbocycles. The molecule has 0 unspecified atom stereocenters. The second-order valence-corrected chi connectivity index (χ2v) is 6.94. The summed E-state index contributed by atoms with van der Waals surface area (Å²) in [5, 5.41) is 8.59. The third-order valence-electron chi connectivity index (χ3n) is 5.39. The molecule has 0 radical (unpaired) electrons. The quantitative estimate of drug-likeness (QED) is 0.597. The monoisotopic (exact) mass is 320 g/mol. The number of nitrogens with zero attached hydrogens (tertiary/aromatic N) is 1. The van der Waals surface area contributed by atoms with Crippen molar-refractivity contribution in [2.45, 2.75) is 76.3 Å². The van der Waals surface area contributed by atoms with Crippen molar-refractivity contribution >= 4 is 5.84 Å². The van der Waals surface area contributed by atoms with Crippen molar-refractivity contribution in [2.75, 3.05) is 0 Å². The van der Waals surface area contributed by atoms with Crippen LogP contribution in [0.1, 0.15) is 69.8 Å². The van der Waals surface area contributed by atoms with Crippen LogP contribution in [0.15, 0.2) is 18.2 Å². The predicted octanol–water partition coefficient (Wildman–Crippen LogP) is 5.26. The summed E-state index contributed by atoms with van der Waals surface area (Å²) in [6.45, 7) is 0. The highest BCUT2D eigenvalue weighted by atomic mass is 19.1. The minimum absolute atomic E-state index is 0.0550. The van der Waals surface area contributed by atoms with Crippen molar-refractivity contribution in [3.63, 3.8) is 0 Å². The molecule has 2 saturated carbocycles. The van der Waals surface area contributed by atoms with Gasteiger partial charge in [0.25, 0.3) is 0 Å². The van der Waals surface area contributed by atoms with E-state index in [1.807, 2.05) is 0 Å². The Morgan fingerprint density at radius 3 is 1.70 bits per heavy atom. The fourth-order valence-corrected chi connectivity index (χ4v) is 4.23. The van der Waals surface area contributed by atoms with Gasteiger partial charge in [-0.25, -0.2) is 8.78 Å². The number of benzene rings is 1. The Bertz CT molecular complexity index is 508. The molecule has 2 fully saturated rings. The van der Waals surface area contributed by atoms with Gasteiger partial charge in [-0.3, -0.25) is 5.41 Å². The first-order chi connectivity index (χ1) is 11.2. The zero-order valence-corrected chi connectivity index (χ0v) is 13.7. The Morgan fingerprint density at radius 1 is 0.826 bits per heavy atom. The standard InChI is InChI=1S/C19H26F2N2/c20-16-12-7-13-17(21)18(16)19(22)23(14-8-3-1-4-9-14)15-10-5-2-6-11-15/h7,12-15,22H,1-6,8-11H2. The number of hydrogen-bond acceptors (Lipinski definition) is 1. The van der Waals surface area contributed by atoms with E-state index < -0.39 is 11.6 Å². The molecule has 23 heavy (non-hydrogen) atoms. The highest BCUT2D eigenvalue weighted by Crippen LogP contribution is 2.32. The van der Waals surface area contributed by atoms with Crippen molar-refractivity contribution in [3.05, 3.63) is 35.4 Å². The van der Waals surface area contributed by atoms with Gasteiger partial charge in [-0.2, -0.15) is 0 Å².